The van der Waals surface area contributed by atoms with Crippen LogP contribution >= 0.6 is 0 Å². The van der Waals surface area contributed by atoms with E-state index in [1.165, 1.54) is 12.3 Å². The number of hydrogen-bond donors (Lipinski definition) is 2. The molecule has 0 saturated carbocycles. The summed E-state index contributed by atoms with van der Waals surface area (Å²) in [4.78, 5) is 30.9. The fraction of sp³-hybridized carbons (Fsp3) is 0.240. The van der Waals surface area contributed by atoms with Crippen LogP contribution in [-0.2, 0) is 17.6 Å². The normalized spacial score (nSPS) is 16.9. The summed E-state index contributed by atoms with van der Waals surface area (Å²) in [6.45, 7) is 0.880. The maximum Gasteiger partial charge on any atom is 0.255 e. The molecule has 0 unspecified atom stereocenters. The summed E-state index contributed by atoms with van der Waals surface area (Å²) in [5.41, 5.74) is 1.96. The smallest absolute Gasteiger partial charge is 0.255 e. The summed E-state index contributed by atoms with van der Waals surface area (Å²) in [6.07, 6.45) is 2.50. The van der Waals surface area contributed by atoms with Gasteiger partial charge in [0.05, 0.1) is 5.56 Å². The Bertz CT molecular complexity index is 1320. The third kappa shape index (κ3) is 4.31. The van der Waals surface area contributed by atoms with Crippen molar-refractivity contribution in [2.75, 3.05) is 18.0 Å². The monoisotopic (exact) mass is 484 g/mol. The van der Waals surface area contributed by atoms with Gasteiger partial charge in [0.25, 0.3) is 5.91 Å². The van der Waals surface area contributed by atoms with Gasteiger partial charge in [-0.05, 0) is 72.4 Å². The molecule has 35 heavy (non-hydrogen) atoms. The van der Waals surface area contributed by atoms with Crippen molar-refractivity contribution in [3.8, 4) is 0 Å². The van der Waals surface area contributed by atoms with Crippen LogP contribution in [0.1, 0.15) is 33.5 Å². The van der Waals surface area contributed by atoms with Crippen LogP contribution in [0.15, 0.2) is 42.6 Å². The molecule has 1 saturated heterocycles. The first kappa shape index (κ1) is 22.8. The van der Waals surface area contributed by atoms with E-state index in [2.05, 4.69) is 15.6 Å². The number of amides is 2. The van der Waals surface area contributed by atoms with Crippen LogP contribution in [0.3, 0.4) is 0 Å². The Hall–Kier alpha value is -3.95. The largest absolute Gasteiger partial charge is 0.354 e. The summed E-state index contributed by atoms with van der Waals surface area (Å²) in [5, 5.41) is 5.24. The highest BCUT2D eigenvalue weighted by Gasteiger charge is 2.32. The summed E-state index contributed by atoms with van der Waals surface area (Å²) in [7, 11) is 0. The van der Waals surface area contributed by atoms with E-state index in [4.69, 9.17) is 0 Å². The number of fused-ring (bicyclic) bond motifs is 1. The lowest BCUT2D eigenvalue weighted by atomic mass is 10.0. The van der Waals surface area contributed by atoms with Gasteiger partial charge < -0.3 is 15.5 Å². The number of nitrogens with one attached hydrogen (secondary N) is 2. The van der Waals surface area contributed by atoms with E-state index in [1.807, 2.05) is 4.90 Å². The van der Waals surface area contributed by atoms with Crippen molar-refractivity contribution in [2.45, 2.75) is 25.3 Å². The van der Waals surface area contributed by atoms with Crippen LogP contribution < -0.4 is 15.5 Å². The van der Waals surface area contributed by atoms with Crippen LogP contribution in [0, 0.1) is 23.3 Å². The first-order chi connectivity index (χ1) is 16.8. The van der Waals surface area contributed by atoms with E-state index >= 15 is 0 Å². The zero-order chi connectivity index (χ0) is 24.7. The van der Waals surface area contributed by atoms with Crippen LogP contribution in [0.5, 0.6) is 0 Å². The van der Waals surface area contributed by atoms with Gasteiger partial charge in [-0.25, -0.2) is 22.5 Å². The second-order valence-electron chi connectivity index (χ2n) is 8.50. The predicted molar refractivity (Wildman–Crippen MR) is 119 cm³/mol. The second-order valence-corrected chi connectivity index (χ2v) is 8.50. The number of rotatable bonds is 5. The molecule has 1 atom stereocenters. The molecule has 3 aromatic rings. The molecule has 180 valence electrons. The average molecular weight is 484 g/mol. The number of hydrogen-bond acceptors (Lipinski definition) is 4. The average Bonchev–Trinajstić information content (AvgIpc) is 3.43. The maximum atomic E-state index is 14.7. The van der Waals surface area contributed by atoms with Crippen LogP contribution in [0.2, 0.25) is 0 Å². The standard InChI is InChI=1S/C25H20F4N4O2/c26-16-1-2-20-15(22(16)25(35)32-19-4-7-31-24(19)34)5-8-33(20)21-12-13(3-6-30-21)9-14-10-17(27)23(29)18(28)11-14/h1-3,6,10-12,19H,4-5,7-9H2,(H,31,34)(H,32,35)/t19-/m0/s1. The molecule has 3 heterocycles. The summed E-state index contributed by atoms with van der Waals surface area (Å²) in [6, 6.07) is 7.36. The fourth-order valence-corrected chi connectivity index (χ4v) is 4.57. The van der Waals surface area contributed by atoms with Gasteiger partial charge in [-0.3, -0.25) is 9.59 Å². The SMILES string of the molecule is O=C(N[C@H]1CCNC1=O)c1c(F)ccc2c1CCN2c1cc(Cc2cc(F)c(F)c(F)c2)ccn1. The van der Waals surface area contributed by atoms with E-state index in [-0.39, 0.29) is 23.5 Å². The molecule has 2 aromatic carbocycles. The molecule has 10 heteroatoms. The minimum Gasteiger partial charge on any atom is -0.354 e. The number of halogens is 4. The minimum atomic E-state index is -1.52. The lowest BCUT2D eigenvalue weighted by molar-refractivity contribution is -0.120. The highest BCUT2D eigenvalue weighted by molar-refractivity contribution is 6.01. The molecule has 0 radical (unpaired) electrons. The van der Waals surface area contributed by atoms with Gasteiger partial charge in [0.1, 0.15) is 17.7 Å². The van der Waals surface area contributed by atoms with Crippen LogP contribution in [0.4, 0.5) is 29.1 Å². The number of aromatic nitrogens is 1. The molecule has 5 rings (SSSR count). The van der Waals surface area contributed by atoms with Crippen molar-refractivity contribution in [3.05, 3.63) is 88.1 Å². The molecule has 0 bridgehead atoms. The Labute approximate surface area is 198 Å². The number of benzene rings is 2. The Kier molecular flexibility index (Phi) is 5.88. The molecule has 2 aliphatic rings. The molecule has 2 aliphatic heterocycles. The number of carbonyl (C=O) groups is 2. The van der Waals surface area contributed by atoms with Gasteiger partial charge in [-0.15, -0.1) is 0 Å². The molecule has 1 aromatic heterocycles. The highest BCUT2D eigenvalue weighted by Crippen LogP contribution is 2.37. The second kappa shape index (κ2) is 9.01. The van der Waals surface area contributed by atoms with Crippen LogP contribution in [-0.4, -0.2) is 35.9 Å². The number of carbonyl (C=O) groups excluding carboxylic acids is 2. The van der Waals surface area contributed by atoms with Crippen molar-refractivity contribution >= 4 is 23.3 Å². The highest BCUT2D eigenvalue weighted by atomic mass is 19.2. The molecular weight excluding hydrogens is 464 g/mol. The van der Waals surface area contributed by atoms with E-state index in [0.717, 1.165) is 12.1 Å². The topological polar surface area (TPSA) is 74.3 Å². The summed E-state index contributed by atoms with van der Waals surface area (Å²) >= 11 is 0. The van der Waals surface area contributed by atoms with Gasteiger partial charge in [-0.1, -0.05) is 0 Å². The molecule has 2 N–H and O–H groups in total. The van der Waals surface area contributed by atoms with Crippen molar-refractivity contribution in [3.63, 3.8) is 0 Å². The minimum absolute atomic E-state index is 0.0990. The summed E-state index contributed by atoms with van der Waals surface area (Å²) in [5.74, 6) is -5.14. The van der Waals surface area contributed by atoms with Gasteiger partial charge >= 0.3 is 0 Å². The molecular formula is C25H20F4N4O2. The van der Waals surface area contributed by atoms with Gasteiger partial charge in [0.2, 0.25) is 5.91 Å². The Balaban J connectivity index is 1.41. The lowest BCUT2D eigenvalue weighted by Gasteiger charge is -2.20. The van der Waals surface area contributed by atoms with Gasteiger partial charge in [0, 0.05) is 25.0 Å². The van der Waals surface area contributed by atoms with E-state index in [1.54, 1.807) is 18.2 Å². The predicted octanol–water partition coefficient (Wildman–Crippen LogP) is 3.54. The Morgan fingerprint density at radius 1 is 1.06 bits per heavy atom. The van der Waals surface area contributed by atoms with Crippen molar-refractivity contribution in [1.29, 1.82) is 0 Å². The van der Waals surface area contributed by atoms with E-state index in [9.17, 15) is 27.2 Å². The fourth-order valence-electron chi connectivity index (χ4n) is 4.57. The third-order valence-electron chi connectivity index (χ3n) is 6.23. The van der Waals surface area contributed by atoms with Crippen LogP contribution in [0.25, 0.3) is 0 Å². The molecule has 1 fully saturated rings. The zero-order valence-electron chi connectivity index (χ0n) is 18.4. The molecule has 6 nitrogen and oxygen atoms in total. The lowest BCUT2D eigenvalue weighted by Crippen LogP contribution is -2.40. The molecule has 2 amide bonds. The zero-order valence-corrected chi connectivity index (χ0v) is 18.4. The Morgan fingerprint density at radius 2 is 1.83 bits per heavy atom. The van der Waals surface area contributed by atoms with Crippen molar-refractivity contribution < 1.29 is 27.2 Å². The number of pyridine rings is 1. The Morgan fingerprint density at radius 3 is 2.54 bits per heavy atom. The third-order valence-corrected chi connectivity index (χ3v) is 6.23. The van der Waals surface area contributed by atoms with Crippen molar-refractivity contribution in [2.24, 2.45) is 0 Å². The summed E-state index contributed by atoms with van der Waals surface area (Å²) < 4.78 is 55.2. The van der Waals surface area contributed by atoms with Crippen molar-refractivity contribution in [1.82, 2.24) is 15.6 Å². The van der Waals surface area contributed by atoms with Gasteiger partial charge in [0.15, 0.2) is 17.5 Å². The van der Waals surface area contributed by atoms with Gasteiger partial charge in [-0.2, -0.15) is 0 Å². The number of anilines is 2. The van der Waals surface area contributed by atoms with E-state index in [0.29, 0.717) is 48.6 Å². The van der Waals surface area contributed by atoms with E-state index < -0.39 is 35.2 Å². The molecule has 0 spiro atoms. The quantitative estimate of drug-likeness (QED) is 0.429. The number of nitrogens with zero attached hydrogens (tertiary/aromatic N) is 2. The first-order valence-electron chi connectivity index (χ1n) is 11.1. The molecule has 0 aliphatic carbocycles. The first-order valence-corrected chi connectivity index (χ1v) is 11.1. The maximum absolute atomic E-state index is 14.7.